The second-order valence-electron chi connectivity index (χ2n) is 7.59. The minimum atomic E-state index is -0.579. The van der Waals surface area contributed by atoms with Gasteiger partial charge in [0.15, 0.2) is 0 Å². The van der Waals surface area contributed by atoms with Gasteiger partial charge in [0.25, 0.3) is 5.91 Å². The molecule has 1 aromatic heterocycles. The molecular formula is C22H28ClN5O5. The van der Waals surface area contributed by atoms with E-state index in [1.165, 1.54) is 17.9 Å². The van der Waals surface area contributed by atoms with Crippen LogP contribution in [0.4, 0.5) is 10.5 Å². The Hall–Kier alpha value is -3.27. The van der Waals surface area contributed by atoms with Crippen LogP contribution in [0.5, 0.6) is 5.75 Å². The van der Waals surface area contributed by atoms with Crippen LogP contribution in [-0.4, -0.2) is 77.4 Å². The highest BCUT2D eigenvalue weighted by Crippen LogP contribution is 2.25. The number of piperazine rings is 1. The number of hydrogen-bond acceptors (Lipinski definition) is 6. The number of carbonyl (C=O) groups excluding carboxylic acids is 3. The lowest BCUT2D eigenvalue weighted by Crippen LogP contribution is -2.52. The molecule has 0 aliphatic carbocycles. The molecule has 1 aliphatic heterocycles. The standard InChI is InChI=1S/C22H28ClN5O5/c1-5-33-22(31)27-10-8-26(9-11-27)21(30)15(3)28-13-18(14(2)25-28)24-20(29)17-12-16(23)6-7-19(17)32-4/h6-7,12-13,15H,5,8-11H2,1-4H3,(H,24,29). The van der Waals surface area contributed by atoms with Crippen LogP contribution in [0.15, 0.2) is 24.4 Å². The fourth-order valence-corrected chi connectivity index (χ4v) is 3.72. The van der Waals surface area contributed by atoms with Gasteiger partial charge in [-0.3, -0.25) is 14.3 Å². The molecule has 10 nitrogen and oxygen atoms in total. The van der Waals surface area contributed by atoms with Gasteiger partial charge in [0, 0.05) is 37.4 Å². The molecule has 2 heterocycles. The van der Waals surface area contributed by atoms with Crippen molar-refractivity contribution in [2.24, 2.45) is 0 Å². The van der Waals surface area contributed by atoms with Gasteiger partial charge in [0.2, 0.25) is 5.91 Å². The monoisotopic (exact) mass is 477 g/mol. The second kappa shape index (κ2) is 10.6. The van der Waals surface area contributed by atoms with E-state index in [2.05, 4.69) is 10.4 Å². The van der Waals surface area contributed by atoms with Crippen LogP contribution in [0.1, 0.15) is 35.9 Å². The molecule has 2 aromatic rings. The number of carbonyl (C=O) groups is 3. The highest BCUT2D eigenvalue weighted by Gasteiger charge is 2.29. The van der Waals surface area contributed by atoms with Gasteiger partial charge in [-0.15, -0.1) is 0 Å². The molecule has 1 unspecified atom stereocenters. The molecule has 0 spiro atoms. The van der Waals surface area contributed by atoms with E-state index < -0.39 is 11.9 Å². The molecule has 1 aromatic carbocycles. The summed E-state index contributed by atoms with van der Waals surface area (Å²) in [6.45, 7) is 7.23. The van der Waals surface area contributed by atoms with E-state index >= 15 is 0 Å². The molecule has 1 atom stereocenters. The van der Waals surface area contributed by atoms with E-state index in [1.807, 2.05) is 0 Å². The van der Waals surface area contributed by atoms with E-state index in [1.54, 1.807) is 48.9 Å². The van der Waals surface area contributed by atoms with Gasteiger partial charge < -0.3 is 24.6 Å². The molecule has 0 saturated carbocycles. The van der Waals surface area contributed by atoms with Crippen LogP contribution in [-0.2, 0) is 9.53 Å². The first-order valence-electron chi connectivity index (χ1n) is 10.7. The average molecular weight is 478 g/mol. The minimum Gasteiger partial charge on any atom is -0.496 e. The van der Waals surface area contributed by atoms with Crippen LogP contribution in [0, 0.1) is 6.92 Å². The Morgan fingerprint density at radius 3 is 2.48 bits per heavy atom. The summed E-state index contributed by atoms with van der Waals surface area (Å²) < 4.78 is 11.8. The highest BCUT2D eigenvalue weighted by atomic mass is 35.5. The van der Waals surface area contributed by atoms with Crippen molar-refractivity contribution >= 4 is 35.2 Å². The summed E-state index contributed by atoms with van der Waals surface area (Å²) in [5.74, 6) is -0.117. The molecule has 0 bridgehead atoms. The van der Waals surface area contributed by atoms with Gasteiger partial charge in [-0.2, -0.15) is 5.10 Å². The maximum atomic E-state index is 13.0. The first-order valence-corrected chi connectivity index (χ1v) is 11.0. The number of halogens is 1. The van der Waals surface area contributed by atoms with E-state index in [0.717, 1.165) is 0 Å². The quantitative estimate of drug-likeness (QED) is 0.685. The number of anilines is 1. The first-order chi connectivity index (χ1) is 15.7. The summed E-state index contributed by atoms with van der Waals surface area (Å²) in [6.07, 6.45) is 1.26. The van der Waals surface area contributed by atoms with Crippen LogP contribution in [0.25, 0.3) is 0 Å². The number of hydrogen-bond donors (Lipinski definition) is 1. The fourth-order valence-electron chi connectivity index (χ4n) is 3.55. The number of methoxy groups -OCH3 is 1. The number of amides is 3. The minimum absolute atomic E-state index is 0.115. The first kappa shape index (κ1) is 24.4. The van der Waals surface area contributed by atoms with Gasteiger partial charge in [-0.1, -0.05) is 11.6 Å². The van der Waals surface area contributed by atoms with Crippen molar-refractivity contribution in [1.29, 1.82) is 0 Å². The largest absolute Gasteiger partial charge is 0.496 e. The fraction of sp³-hybridized carbons (Fsp3) is 0.455. The Kier molecular flexibility index (Phi) is 7.80. The lowest BCUT2D eigenvalue weighted by molar-refractivity contribution is -0.136. The summed E-state index contributed by atoms with van der Waals surface area (Å²) in [5, 5.41) is 7.63. The maximum Gasteiger partial charge on any atom is 0.409 e. The van der Waals surface area contributed by atoms with Crippen LogP contribution in [0.2, 0.25) is 5.02 Å². The van der Waals surface area contributed by atoms with Crippen molar-refractivity contribution in [2.75, 3.05) is 45.2 Å². The Labute approximate surface area is 197 Å². The smallest absolute Gasteiger partial charge is 0.409 e. The number of ether oxygens (including phenoxy) is 2. The molecule has 1 saturated heterocycles. The molecule has 178 valence electrons. The van der Waals surface area contributed by atoms with E-state index in [9.17, 15) is 14.4 Å². The van der Waals surface area contributed by atoms with Crippen molar-refractivity contribution in [3.63, 3.8) is 0 Å². The van der Waals surface area contributed by atoms with Crippen molar-refractivity contribution < 1.29 is 23.9 Å². The predicted molar refractivity (Wildman–Crippen MR) is 123 cm³/mol. The zero-order valence-electron chi connectivity index (χ0n) is 19.1. The number of aryl methyl sites for hydroxylation is 1. The molecule has 3 amide bonds. The molecule has 0 radical (unpaired) electrons. The summed E-state index contributed by atoms with van der Waals surface area (Å²) in [5.41, 5.74) is 1.34. The van der Waals surface area contributed by atoms with Gasteiger partial charge in [0.1, 0.15) is 11.8 Å². The van der Waals surface area contributed by atoms with E-state index in [4.69, 9.17) is 21.1 Å². The molecule has 1 aliphatic rings. The van der Waals surface area contributed by atoms with Gasteiger partial charge in [-0.05, 0) is 39.0 Å². The molecule has 33 heavy (non-hydrogen) atoms. The molecular weight excluding hydrogens is 450 g/mol. The SMILES string of the molecule is CCOC(=O)N1CCN(C(=O)C(C)n2cc(NC(=O)c3cc(Cl)ccc3OC)c(C)n2)CC1. The Morgan fingerprint density at radius 2 is 1.85 bits per heavy atom. The van der Waals surface area contributed by atoms with Crippen molar-refractivity contribution in [3.8, 4) is 5.75 Å². The van der Waals surface area contributed by atoms with Gasteiger partial charge in [0.05, 0.1) is 30.7 Å². The summed E-state index contributed by atoms with van der Waals surface area (Å²) in [6, 6.07) is 4.21. The average Bonchev–Trinajstić information content (AvgIpc) is 3.18. The van der Waals surface area contributed by atoms with Crippen LogP contribution in [0.3, 0.4) is 0 Å². The number of rotatable bonds is 6. The van der Waals surface area contributed by atoms with Gasteiger partial charge in [-0.25, -0.2) is 4.79 Å². The molecule has 1 fully saturated rings. The third kappa shape index (κ3) is 5.57. The predicted octanol–water partition coefficient (Wildman–Crippen LogP) is 2.97. The third-order valence-electron chi connectivity index (χ3n) is 5.44. The number of nitrogens with one attached hydrogen (secondary N) is 1. The van der Waals surface area contributed by atoms with Crippen molar-refractivity contribution in [1.82, 2.24) is 19.6 Å². The van der Waals surface area contributed by atoms with E-state index in [0.29, 0.717) is 60.5 Å². The Bertz CT molecular complexity index is 1030. The molecule has 3 rings (SSSR count). The summed E-state index contributed by atoms with van der Waals surface area (Å²) in [7, 11) is 1.48. The summed E-state index contributed by atoms with van der Waals surface area (Å²) >= 11 is 6.03. The Balaban J connectivity index is 1.66. The van der Waals surface area contributed by atoms with Crippen molar-refractivity contribution in [3.05, 3.63) is 40.7 Å². The zero-order valence-corrected chi connectivity index (χ0v) is 19.9. The maximum absolute atomic E-state index is 13.0. The number of nitrogens with zero attached hydrogens (tertiary/aromatic N) is 4. The van der Waals surface area contributed by atoms with E-state index in [-0.39, 0.29) is 12.0 Å². The van der Waals surface area contributed by atoms with Crippen LogP contribution < -0.4 is 10.1 Å². The lowest BCUT2D eigenvalue weighted by atomic mass is 10.2. The van der Waals surface area contributed by atoms with Gasteiger partial charge >= 0.3 is 6.09 Å². The topological polar surface area (TPSA) is 106 Å². The lowest BCUT2D eigenvalue weighted by Gasteiger charge is -2.35. The highest BCUT2D eigenvalue weighted by molar-refractivity contribution is 6.31. The van der Waals surface area contributed by atoms with Crippen LogP contribution >= 0.6 is 11.6 Å². The van der Waals surface area contributed by atoms with Crippen molar-refractivity contribution in [2.45, 2.75) is 26.8 Å². The summed E-state index contributed by atoms with van der Waals surface area (Å²) in [4.78, 5) is 40.9. The Morgan fingerprint density at radius 1 is 1.18 bits per heavy atom. The number of benzene rings is 1. The third-order valence-corrected chi connectivity index (χ3v) is 5.68. The normalized spacial score (nSPS) is 14.6. The molecule has 1 N–H and O–H groups in total. The zero-order chi connectivity index (χ0) is 24.1. The number of aromatic nitrogens is 2. The molecule has 11 heteroatoms. The second-order valence-corrected chi connectivity index (χ2v) is 8.03.